The third-order valence-electron chi connectivity index (χ3n) is 2.56. The van der Waals surface area contributed by atoms with Crippen molar-refractivity contribution in [1.29, 1.82) is 0 Å². The Kier molecular flexibility index (Phi) is 4.88. The first kappa shape index (κ1) is 15.0. The van der Waals surface area contributed by atoms with Crippen LogP contribution in [0.1, 0.15) is 10.4 Å². The third-order valence-corrected chi connectivity index (χ3v) is 2.56. The molecule has 0 atom stereocenters. The van der Waals surface area contributed by atoms with Gasteiger partial charge in [-0.15, -0.1) is 10.2 Å². The van der Waals surface area contributed by atoms with E-state index < -0.39 is 18.9 Å². The molecule has 0 saturated heterocycles. The number of hydrogen-bond acceptors (Lipinski definition) is 5. The van der Waals surface area contributed by atoms with Gasteiger partial charge in [0.25, 0.3) is 6.43 Å². The van der Waals surface area contributed by atoms with Gasteiger partial charge in [-0.3, -0.25) is 4.79 Å². The Morgan fingerprint density at radius 2 is 2.05 bits per heavy atom. The summed E-state index contributed by atoms with van der Waals surface area (Å²) in [5.41, 5.74) is 6.19. The molecule has 1 amide bonds. The number of alkyl halides is 2. The first-order valence-corrected chi connectivity index (χ1v) is 6.10. The molecule has 0 aliphatic rings. The number of nitrogens with two attached hydrogens (primary N) is 1. The lowest BCUT2D eigenvalue weighted by Gasteiger charge is -2.01. The van der Waals surface area contributed by atoms with Gasteiger partial charge in [0.1, 0.15) is 6.61 Å². The Morgan fingerprint density at radius 1 is 1.33 bits per heavy atom. The van der Waals surface area contributed by atoms with Crippen LogP contribution in [0.2, 0.25) is 0 Å². The molecule has 0 saturated carbocycles. The number of carbonyl (C=O) groups is 1. The van der Waals surface area contributed by atoms with E-state index in [9.17, 15) is 13.6 Å². The summed E-state index contributed by atoms with van der Waals surface area (Å²) >= 11 is 0. The first-order valence-electron chi connectivity index (χ1n) is 6.10. The van der Waals surface area contributed by atoms with Crippen molar-refractivity contribution in [2.45, 2.75) is 13.0 Å². The first-order chi connectivity index (χ1) is 10.1. The van der Waals surface area contributed by atoms with E-state index >= 15 is 0 Å². The van der Waals surface area contributed by atoms with E-state index in [2.05, 4.69) is 15.4 Å². The molecule has 0 bridgehead atoms. The number of amides is 1. The van der Waals surface area contributed by atoms with Gasteiger partial charge in [0.05, 0.1) is 13.2 Å². The maximum absolute atomic E-state index is 11.9. The lowest BCUT2D eigenvalue weighted by molar-refractivity contribution is 0.0129. The summed E-state index contributed by atoms with van der Waals surface area (Å²) in [4.78, 5) is 12.2. The van der Waals surface area contributed by atoms with Crippen molar-refractivity contribution in [3.8, 4) is 11.4 Å². The van der Waals surface area contributed by atoms with Crippen molar-refractivity contribution >= 4 is 5.91 Å². The number of nitrogens with zero attached hydrogens (tertiary/aromatic N) is 4. The highest BCUT2D eigenvalue weighted by Crippen LogP contribution is 2.14. The van der Waals surface area contributed by atoms with Gasteiger partial charge in [-0.25, -0.2) is 8.78 Å². The SMILES string of the molecule is NC(=O)c1ccc(-c2nnn(CCOCC(F)F)n2)cc1. The Hall–Kier alpha value is -2.42. The Bertz CT molecular complexity index is 600. The summed E-state index contributed by atoms with van der Waals surface area (Å²) in [6.45, 7) is -0.323. The second-order valence-corrected chi connectivity index (χ2v) is 4.12. The number of rotatable bonds is 7. The van der Waals surface area contributed by atoms with Crippen LogP contribution >= 0.6 is 0 Å². The minimum Gasteiger partial charge on any atom is -0.374 e. The fraction of sp³-hybridized carbons (Fsp3) is 0.333. The smallest absolute Gasteiger partial charge is 0.261 e. The molecule has 1 heterocycles. The summed E-state index contributed by atoms with van der Waals surface area (Å²) in [5, 5.41) is 11.7. The number of halogens is 2. The van der Waals surface area contributed by atoms with Gasteiger partial charge >= 0.3 is 0 Å². The number of carbonyl (C=O) groups excluding carboxylic acids is 1. The molecular weight excluding hydrogens is 284 g/mol. The van der Waals surface area contributed by atoms with Crippen LogP contribution in [-0.2, 0) is 11.3 Å². The van der Waals surface area contributed by atoms with Gasteiger partial charge in [0, 0.05) is 11.1 Å². The van der Waals surface area contributed by atoms with Crippen LogP contribution in [0.4, 0.5) is 8.78 Å². The predicted molar refractivity (Wildman–Crippen MR) is 68.6 cm³/mol. The van der Waals surface area contributed by atoms with Crippen LogP contribution in [0, 0.1) is 0 Å². The average Bonchev–Trinajstić information content (AvgIpc) is 2.92. The molecule has 0 aliphatic carbocycles. The molecule has 2 N–H and O–H groups in total. The maximum atomic E-state index is 11.9. The van der Waals surface area contributed by atoms with Crippen molar-refractivity contribution in [3.63, 3.8) is 0 Å². The van der Waals surface area contributed by atoms with Crippen LogP contribution in [0.3, 0.4) is 0 Å². The molecule has 2 aromatic rings. The lowest BCUT2D eigenvalue weighted by Crippen LogP contribution is -2.12. The Morgan fingerprint density at radius 3 is 2.67 bits per heavy atom. The monoisotopic (exact) mass is 297 g/mol. The normalized spacial score (nSPS) is 11.0. The van der Waals surface area contributed by atoms with E-state index in [1.165, 1.54) is 4.80 Å². The number of hydrogen-bond donors (Lipinski definition) is 1. The van der Waals surface area contributed by atoms with Crippen molar-refractivity contribution in [3.05, 3.63) is 29.8 Å². The lowest BCUT2D eigenvalue weighted by atomic mass is 10.1. The number of tetrazole rings is 1. The molecule has 1 aromatic carbocycles. The zero-order valence-electron chi connectivity index (χ0n) is 10.9. The number of ether oxygens (including phenoxy) is 1. The van der Waals surface area contributed by atoms with Crippen LogP contribution in [0.15, 0.2) is 24.3 Å². The van der Waals surface area contributed by atoms with Gasteiger partial charge in [0.2, 0.25) is 11.7 Å². The van der Waals surface area contributed by atoms with Gasteiger partial charge in [-0.1, -0.05) is 12.1 Å². The molecule has 21 heavy (non-hydrogen) atoms. The molecule has 7 nitrogen and oxygen atoms in total. The highest BCUT2D eigenvalue weighted by atomic mass is 19.3. The second-order valence-electron chi connectivity index (χ2n) is 4.12. The van der Waals surface area contributed by atoms with E-state index in [0.717, 1.165) is 0 Å². The van der Waals surface area contributed by atoms with Crippen LogP contribution < -0.4 is 5.73 Å². The molecule has 112 valence electrons. The molecular formula is C12H13F2N5O2. The quantitative estimate of drug-likeness (QED) is 0.760. The van der Waals surface area contributed by atoms with E-state index in [0.29, 0.717) is 17.0 Å². The second kappa shape index (κ2) is 6.84. The van der Waals surface area contributed by atoms with Crippen molar-refractivity contribution in [2.75, 3.05) is 13.2 Å². The minimum atomic E-state index is -2.49. The van der Waals surface area contributed by atoms with Crippen LogP contribution in [-0.4, -0.2) is 45.8 Å². The fourth-order valence-corrected chi connectivity index (χ4v) is 1.56. The van der Waals surface area contributed by atoms with Crippen molar-refractivity contribution < 1.29 is 18.3 Å². The van der Waals surface area contributed by atoms with Gasteiger partial charge in [-0.2, -0.15) is 4.80 Å². The van der Waals surface area contributed by atoms with E-state index in [1.54, 1.807) is 24.3 Å². The topological polar surface area (TPSA) is 95.9 Å². The van der Waals surface area contributed by atoms with Gasteiger partial charge in [0.15, 0.2) is 0 Å². The molecule has 9 heteroatoms. The van der Waals surface area contributed by atoms with Gasteiger partial charge in [-0.05, 0) is 17.3 Å². The average molecular weight is 297 g/mol. The summed E-state index contributed by atoms with van der Waals surface area (Å²) in [5.74, 6) is -0.158. The highest BCUT2D eigenvalue weighted by molar-refractivity contribution is 5.93. The van der Waals surface area contributed by atoms with Gasteiger partial charge < -0.3 is 10.5 Å². The largest absolute Gasteiger partial charge is 0.374 e. The maximum Gasteiger partial charge on any atom is 0.261 e. The highest BCUT2D eigenvalue weighted by Gasteiger charge is 2.08. The molecule has 0 unspecified atom stereocenters. The summed E-state index contributed by atoms with van der Waals surface area (Å²) < 4.78 is 28.5. The van der Waals surface area contributed by atoms with E-state index in [4.69, 9.17) is 10.5 Å². The fourth-order valence-electron chi connectivity index (χ4n) is 1.56. The number of aromatic nitrogens is 4. The predicted octanol–water partition coefficient (Wildman–Crippen LogP) is 0.721. The Labute approximate surface area is 118 Å². The van der Waals surface area contributed by atoms with E-state index in [1.807, 2.05) is 0 Å². The molecule has 0 spiro atoms. The number of primary amides is 1. The molecule has 1 aromatic heterocycles. The summed E-state index contributed by atoms with van der Waals surface area (Å²) in [6.07, 6.45) is -2.49. The zero-order chi connectivity index (χ0) is 15.2. The number of benzene rings is 1. The molecule has 0 radical (unpaired) electrons. The third kappa shape index (κ3) is 4.28. The summed E-state index contributed by atoms with van der Waals surface area (Å²) in [7, 11) is 0. The summed E-state index contributed by atoms with van der Waals surface area (Å²) in [6, 6.07) is 6.41. The van der Waals surface area contributed by atoms with Crippen LogP contribution in [0.5, 0.6) is 0 Å². The minimum absolute atomic E-state index is 0.0702. The van der Waals surface area contributed by atoms with Crippen molar-refractivity contribution in [1.82, 2.24) is 20.2 Å². The molecule has 0 aliphatic heterocycles. The molecule has 2 rings (SSSR count). The van der Waals surface area contributed by atoms with E-state index in [-0.39, 0.29) is 13.2 Å². The Balaban J connectivity index is 1.94. The standard InChI is InChI=1S/C12H13F2N5O2/c13-10(14)7-21-6-5-19-17-12(16-18-19)9-3-1-8(2-4-9)11(15)20/h1-4,10H,5-7H2,(H2,15,20). The van der Waals surface area contributed by atoms with Crippen molar-refractivity contribution in [2.24, 2.45) is 5.73 Å². The zero-order valence-corrected chi connectivity index (χ0v) is 10.9. The molecule has 0 fully saturated rings. The van der Waals surface area contributed by atoms with Crippen LogP contribution in [0.25, 0.3) is 11.4 Å².